The van der Waals surface area contributed by atoms with Gasteiger partial charge in [-0.25, -0.2) is 4.79 Å². The Bertz CT molecular complexity index is 309. The first-order valence-corrected chi connectivity index (χ1v) is 6.70. The van der Waals surface area contributed by atoms with Crippen LogP contribution in [0.5, 0.6) is 0 Å². The van der Waals surface area contributed by atoms with E-state index in [4.69, 9.17) is 10.5 Å². The molecule has 2 unspecified atom stereocenters. The van der Waals surface area contributed by atoms with Crippen molar-refractivity contribution >= 4 is 11.9 Å². The first-order valence-electron chi connectivity index (χ1n) is 6.70. The minimum absolute atomic E-state index is 0.0598. The van der Waals surface area contributed by atoms with Gasteiger partial charge in [0.25, 0.3) is 0 Å². The standard InChI is InChI=1S/C12H24N4O3/c1-3-4-14-12(18)15-11(17)8-16-5-6-19-10(7-16)9(2)13/h9-10H,3-8,13H2,1-2H3,(H2,14,15,17,18). The van der Waals surface area contributed by atoms with Crippen molar-refractivity contribution in [1.82, 2.24) is 15.5 Å². The van der Waals surface area contributed by atoms with E-state index in [1.165, 1.54) is 0 Å². The molecule has 1 fully saturated rings. The maximum atomic E-state index is 11.7. The average molecular weight is 272 g/mol. The van der Waals surface area contributed by atoms with Gasteiger partial charge in [0, 0.05) is 25.7 Å². The highest BCUT2D eigenvalue weighted by molar-refractivity contribution is 5.95. The van der Waals surface area contributed by atoms with Gasteiger partial charge in [0.05, 0.1) is 19.3 Å². The molecule has 1 saturated heterocycles. The molecule has 1 heterocycles. The Balaban J connectivity index is 2.29. The van der Waals surface area contributed by atoms with Crippen LogP contribution in [0.3, 0.4) is 0 Å². The molecule has 7 nitrogen and oxygen atoms in total. The van der Waals surface area contributed by atoms with E-state index in [0.717, 1.165) is 6.42 Å². The first kappa shape index (κ1) is 15.9. The predicted molar refractivity (Wildman–Crippen MR) is 71.7 cm³/mol. The Hall–Kier alpha value is -1.18. The predicted octanol–water partition coefficient (Wildman–Crippen LogP) is -0.730. The third-order valence-corrected chi connectivity index (χ3v) is 2.92. The highest BCUT2D eigenvalue weighted by atomic mass is 16.5. The van der Waals surface area contributed by atoms with Gasteiger partial charge in [-0.1, -0.05) is 6.92 Å². The van der Waals surface area contributed by atoms with Gasteiger partial charge in [-0.15, -0.1) is 0 Å². The summed E-state index contributed by atoms with van der Waals surface area (Å²) in [7, 11) is 0. The van der Waals surface area contributed by atoms with Crippen LogP contribution in [0.2, 0.25) is 0 Å². The summed E-state index contributed by atoms with van der Waals surface area (Å²) in [5, 5.41) is 4.90. The number of nitrogens with one attached hydrogen (secondary N) is 2. The van der Waals surface area contributed by atoms with E-state index in [0.29, 0.717) is 26.2 Å². The van der Waals surface area contributed by atoms with Gasteiger partial charge in [0.2, 0.25) is 5.91 Å². The fourth-order valence-corrected chi connectivity index (χ4v) is 1.85. The van der Waals surface area contributed by atoms with Crippen molar-refractivity contribution in [2.45, 2.75) is 32.4 Å². The molecule has 0 radical (unpaired) electrons. The highest BCUT2D eigenvalue weighted by Crippen LogP contribution is 2.07. The maximum absolute atomic E-state index is 11.7. The quantitative estimate of drug-likeness (QED) is 0.613. The van der Waals surface area contributed by atoms with Crippen molar-refractivity contribution in [3.8, 4) is 0 Å². The molecule has 0 saturated carbocycles. The Morgan fingerprint density at radius 3 is 2.89 bits per heavy atom. The zero-order chi connectivity index (χ0) is 14.3. The fraction of sp³-hybridized carbons (Fsp3) is 0.833. The summed E-state index contributed by atoms with van der Waals surface area (Å²) < 4.78 is 5.51. The van der Waals surface area contributed by atoms with Gasteiger partial charge in [-0.2, -0.15) is 0 Å². The zero-order valence-electron chi connectivity index (χ0n) is 11.6. The second-order valence-electron chi connectivity index (χ2n) is 4.81. The number of carbonyl (C=O) groups excluding carboxylic acids is 2. The number of imide groups is 1. The molecule has 1 rings (SSSR count). The van der Waals surface area contributed by atoms with Crippen molar-refractivity contribution in [2.75, 3.05) is 32.8 Å². The first-order chi connectivity index (χ1) is 9.02. The summed E-state index contributed by atoms with van der Waals surface area (Å²) in [6.07, 6.45) is 0.775. The maximum Gasteiger partial charge on any atom is 0.321 e. The van der Waals surface area contributed by atoms with Gasteiger partial charge >= 0.3 is 6.03 Å². The van der Waals surface area contributed by atoms with E-state index in [1.807, 2.05) is 18.7 Å². The number of rotatable bonds is 5. The van der Waals surface area contributed by atoms with Crippen molar-refractivity contribution in [1.29, 1.82) is 0 Å². The van der Waals surface area contributed by atoms with Gasteiger partial charge in [-0.05, 0) is 13.3 Å². The Morgan fingerprint density at radius 1 is 1.53 bits per heavy atom. The second-order valence-corrected chi connectivity index (χ2v) is 4.81. The Kier molecular flexibility index (Phi) is 6.75. The van der Waals surface area contributed by atoms with Crippen LogP contribution in [-0.4, -0.2) is 61.8 Å². The van der Waals surface area contributed by atoms with Crippen molar-refractivity contribution in [3.63, 3.8) is 0 Å². The van der Waals surface area contributed by atoms with E-state index in [2.05, 4.69) is 10.6 Å². The highest BCUT2D eigenvalue weighted by Gasteiger charge is 2.24. The number of nitrogens with two attached hydrogens (primary N) is 1. The van der Waals surface area contributed by atoms with Gasteiger partial charge in [0.15, 0.2) is 0 Å². The van der Waals surface area contributed by atoms with Crippen molar-refractivity contribution < 1.29 is 14.3 Å². The summed E-state index contributed by atoms with van der Waals surface area (Å²) in [5.41, 5.74) is 5.78. The number of hydrogen-bond acceptors (Lipinski definition) is 5. The van der Waals surface area contributed by atoms with Gasteiger partial charge in [0.1, 0.15) is 0 Å². The molecule has 7 heteroatoms. The topological polar surface area (TPSA) is 96.7 Å². The lowest BCUT2D eigenvalue weighted by Gasteiger charge is -2.34. The third-order valence-electron chi connectivity index (χ3n) is 2.92. The second kappa shape index (κ2) is 8.08. The molecule has 0 aromatic rings. The minimum atomic E-state index is -0.441. The monoisotopic (exact) mass is 272 g/mol. The number of morpholine rings is 1. The van der Waals surface area contributed by atoms with Gasteiger partial charge < -0.3 is 15.8 Å². The van der Waals surface area contributed by atoms with Gasteiger partial charge in [-0.3, -0.25) is 15.0 Å². The molecule has 1 aliphatic rings. The molecule has 0 bridgehead atoms. The fourth-order valence-electron chi connectivity index (χ4n) is 1.85. The van der Waals surface area contributed by atoms with E-state index < -0.39 is 6.03 Å². The molecule has 4 N–H and O–H groups in total. The lowest BCUT2D eigenvalue weighted by Crippen LogP contribution is -2.52. The smallest absolute Gasteiger partial charge is 0.321 e. The molecular formula is C12H24N4O3. The Morgan fingerprint density at radius 2 is 2.26 bits per heavy atom. The lowest BCUT2D eigenvalue weighted by molar-refractivity contribution is -0.123. The van der Waals surface area contributed by atoms with Crippen LogP contribution in [-0.2, 0) is 9.53 Å². The van der Waals surface area contributed by atoms with Crippen molar-refractivity contribution in [3.05, 3.63) is 0 Å². The van der Waals surface area contributed by atoms with E-state index in [-0.39, 0.29) is 24.6 Å². The van der Waals surface area contributed by atoms with E-state index >= 15 is 0 Å². The normalized spacial score (nSPS) is 21.7. The average Bonchev–Trinajstić information content (AvgIpc) is 2.36. The molecule has 110 valence electrons. The molecular weight excluding hydrogens is 248 g/mol. The number of carbonyl (C=O) groups is 2. The molecule has 0 spiro atoms. The van der Waals surface area contributed by atoms with Crippen LogP contribution in [0.4, 0.5) is 4.79 Å². The van der Waals surface area contributed by atoms with Crippen LogP contribution in [0.15, 0.2) is 0 Å². The molecule has 0 aliphatic carbocycles. The molecule has 2 atom stereocenters. The summed E-state index contributed by atoms with van der Waals surface area (Å²) in [5.74, 6) is -0.307. The molecule has 19 heavy (non-hydrogen) atoms. The van der Waals surface area contributed by atoms with E-state index in [9.17, 15) is 9.59 Å². The van der Waals surface area contributed by atoms with Crippen LogP contribution in [0, 0.1) is 0 Å². The van der Waals surface area contributed by atoms with Crippen molar-refractivity contribution in [2.24, 2.45) is 5.73 Å². The molecule has 0 aromatic heterocycles. The van der Waals surface area contributed by atoms with Crippen LogP contribution in [0.25, 0.3) is 0 Å². The molecule has 0 aromatic carbocycles. The number of ether oxygens (including phenoxy) is 1. The summed E-state index contributed by atoms with van der Waals surface area (Å²) in [4.78, 5) is 24.9. The number of amides is 3. The number of urea groups is 1. The number of hydrogen-bond donors (Lipinski definition) is 3. The molecule has 1 aliphatic heterocycles. The largest absolute Gasteiger partial charge is 0.374 e. The van der Waals surface area contributed by atoms with Crippen LogP contribution >= 0.6 is 0 Å². The molecule has 3 amide bonds. The Labute approximate surface area is 113 Å². The van der Waals surface area contributed by atoms with Crippen LogP contribution < -0.4 is 16.4 Å². The lowest BCUT2D eigenvalue weighted by atomic mass is 10.1. The summed E-state index contributed by atoms with van der Waals surface area (Å²) >= 11 is 0. The third kappa shape index (κ3) is 6.00. The SMILES string of the molecule is CCCNC(=O)NC(=O)CN1CCOC(C(C)N)C1. The summed E-state index contributed by atoms with van der Waals surface area (Å²) in [6, 6.07) is -0.512. The van der Waals surface area contributed by atoms with Crippen LogP contribution in [0.1, 0.15) is 20.3 Å². The van der Waals surface area contributed by atoms with E-state index in [1.54, 1.807) is 0 Å². The minimum Gasteiger partial charge on any atom is -0.374 e. The summed E-state index contributed by atoms with van der Waals surface area (Å²) in [6.45, 7) is 6.42. The zero-order valence-corrected chi connectivity index (χ0v) is 11.6. The number of nitrogens with zero attached hydrogens (tertiary/aromatic N) is 1.